The lowest BCUT2D eigenvalue weighted by atomic mass is 10.1. The molecule has 0 amide bonds. The van der Waals surface area contributed by atoms with Gasteiger partial charge in [0.1, 0.15) is 5.69 Å². The molecule has 2 aromatic heterocycles. The molecule has 35 heavy (non-hydrogen) atoms. The second-order valence-corrected chi connectivity index (χ2v) is 10.2. The van der Waals surface area contributed by atoms with Crippen molar-refractivity contribution in [3.8, 4) is 16.9 Å². The third-order valence-corrected chi connectivity index (χ3v) is 7.91. The minimum absolute atomic E-state index is 0.113. The molecule has 0 bridgehead atoms. The van der Waals surface area contributed by atoms with Crippen molar-refractivity contribution < 1.29 is 21.6 Å². The maximum atomic E-state index is 13.5. The van der Waals surface area contributed by atoms with Crippen LogP contribution in [0, 0.1) is 13.8 Å². The minimum atomic E-state index is -4.48. The number of hydrogen-bond acceptors (Lipinski definition) is 4. The Hall–Kier alpha value is -3.66. The van der Waals surface area contributed by atoms with E-state index in [4.69, 9.17) is 0 Å². The number of alkyl halides is 3. The Bertz CT molecular complexity index is 1530. The van der Waals surface area contributed by atoms with E-state index in [-0.39, 0.29) is 22.9 Å². The molecule has 0 N–H and O–H groups in total. The van der Waals surface area contributed by atoms with E-state index in [1.54, 1.807) is 49.4 Å². The molecule has 0 atom stereocenters. The van der Waals surface area contributed by atoms with Crippen LogP contribution < -0.4 is 4.31 Å². The Morgan fingerprint density at radius 3 is 2.43 bits per heavy atom. The first-order chi connectivity index (χ1) is 16.6. The zero-order chi connectivity index (χ0) is 25.0. The number of aryl methyl sites for hydroxylation is 1. The highest BCUT2D eigenvalue weighted by atomic mass is 32.2. The van der Waals surface area contributed by atoms with Gasteiger partial charge in [0.25, 0.3) is 10.0 Å². The van der Waals surface area contributed by atoms with Crippen molar-refractivity contribution in [2.45, 2.75) is 31.3 Å². The van der Waals surface area contributed by atoms with E-state index >= 15 is 0 Å². The van der Waals surface area contributed by atoms with Gasteiger partial charge in [-0.1, -0.05) is 23.8 Å². The molecule has 0 aliphatic carbocycles. The van der Waals surface area contributed by atoms with Crippen molar-refractivity contribution in [2.24, 2.45) is 0 Å². The molecule has 4 aromatic rings. The molecule has 1 aliphatic rings. The number of rotatable bonds is 3. The number of anilines is 1. The van der Waals surface area contributed by atoms with Crippen LogP contribution in [-0.2, 0) is 22.6 Å². The molecular weight excluding hydrogens is 477 g/mol. The zero-order valence-corrected chi connectivity index (χ0v) is 19.7. The van der Waals surface area contributed by atoms with Crippen LogP contribution in [0.2, 0.25) is 0 Å². The molecule has 0 spiro atoms. The summed E-state index contributed by atoms with van der Waals surface area (Å²) in [4.78, 5) is 4.53. The van der Waals surface area contributed by atoms with Gasteiger partial charge >= 0.3 is 6.18 Å². The van der Waals surface area contributed by atoms with Crippen LogP contribution in [0.15, 0.2) is 71.8 Å². The molecule has 0 radical (unpaired) electrons. The summed E-state index contributed by atoms with van der Waals surface area (Å²) in [5.74, 6) is 0.237. The quantitative estimate of drug-likeness (QED) is 0.383. The van der Waals surface area contributed by atoms with E-state index in [9.17, 15) is 21.6 Å². The third-order valence-electron chi connectivity index (χ3n) is 6.11. The van der Waals surface area contributed by atoms with Gasteiger partial charge in [-0.3, -0.25) is 0 Å². The molecule has 0 unspecified atom stereocenters. The highest BCUT2D eigenvalue weighted by Gasteiger charge is 2.34. The van der Waals surface area contributed by atoms with Crippen LogP contribution in [0.4, 0.5) is 19.0 Å². The Balaban J connectivity index is 1.63. The Morgan fingerprint density at radius 1 is 0.971 bits per heavy atom. The summed E-state index contributed by atoms with van der Waals surface area (Å²) in [5.41, 5.74) is 2.87. The molecule has 1 aliphatic heterocycles. The standard InChI is InChI=1S/C25H21F3N4O2S/c1-16-8-10-20(11-9-16)35(33,34)31-14-12-21-17(2)32(19-6-3-5-18(15-19)25(26,27)28)30-23(21)22-7-4-13-29-24(22)31/h3-11,13,15H,12,14H2,1-2H3. The zero-order valence-electron chi connectivity index (χ0n) is 18.9. The van der Waals surface area contributed by atoms with E-state index in [2.05, 4.69) is 10.1 Å². The van der Waals surface area contributed by atoms with E-state index in [0.717, 1.165) is 23.3 Å². The predicted octanol–water partition coefficient (Wildman–Crippen LogP) is 5.32. The SMILES string of the molecule is Cc1ccc(S(=O)(=O)N2CCc3c(nn(-c4cccc(C(F)(F)F)c4)c3C)-c3cccnc32)cc1. The monoisotopic (exact) mass is 498 g/mol. The Labute approximate surface area is 200 Å². The topological polar surface area (TPSA) is 68.1 Å². The number of halogens is 3. The van der Waals surface area contributed by atoms with Crippen molar-refractivity contribution in [1.29, 1.82) is 0 Å². The minimum Gasteiger partial charge on any atom is -0.249 e. The molecule has 180 valence electrons. The number of fused-ring (bicyclic) bond motifs is 3. The number of benzene rings is 2. The fraction of sp³-hybridized carbons (Fsp3) is 0.200. The fourth-order valence-electron chi connectivity index (χ4n) is 4.29. The van der Waals surface area contributed by atoms with Gasteiger partial charge < -0.3 is 0 Å². The molecular formula is C25H21F3N4O2S. The smallest absolute Gasteiger partial charge is 0.249 e. The molecule has 0 fully saturated rings. The molecule has 6 nitrogen and oxygen atoms in total. The average Bonchev–Trinajstić information content (AvgIpc) is 3.05. The fourth-order valence-corrected chi connectivity index (χ4v) is 5.73. The summed E-state index contributed by atoms with van der Waals surface area (Å²) in [7, 11) is -3.90. The van der Waals surface area contributed by atoms with Crippen LogP contribution in [0.3, 0.4) is 0 Å². The third kappa shape index (κ3) is 3.97. The number of hydrogen-bond donors (Lipinski definition) is 0. The van der Waals surface area contributed by atoms with Gasteiger partial charge in [-0.15, -0.1) is 0 Å². The highest BCUT2D eigenvalue weighted by Crippen LogP contribution is 2.39. The lowest BCUT2D eigenvalue weighted by molar-refractivity contribution is -0.137. The Morgan fingerprint density at radius 2 is 1.71 bits per heavy atom. The first-order valence-electron chi connectivity index (χ1n) is 10.9. The molecule has 5 rings (SSSR count). The highest BCUT2D eigenvalue weighted by molar-refractivity contribution is 7.92. The van der Waals surface area contributed by atoms with Crippen molar-refractivity contribution in [3.63, 3.8) is 0 Å². The average molecular weight is 499 g/mol. The van der Waals surface area contributed by atoms with Crippen molar-refractivity contribution >= 4 is 15.8 Å². The molecule has 10 heteroatoms. The van der Waals surface area contributed by atoms with Crippen LogP contribution in [0.5, 0.6) is 0 Å². The van der Waals surface area contributed by atoms with E-state index < -0.39 is 21.8 Å². The molecule has 2 aromatic carbocycles. The normalized spacial score (nSPS) is 13.8. The van der Waals surface area contributed by atoms with Gasteiger partial charge in [-0.25, -0.2) is 22.4 Å². The second kappa shape index (κ2) is 8.23. The first-order valence-corrected chi connectivity index (χ1v) is 12.3. The Kier molecular flexibility index (Phi) is 5.43. The lowest BCUT2D eigenvalue weighted by Crippen LogP contribution is -2.33. The summed E-state index contributed by atoms with van der Waals surface area (Å²) in [6.07, 6.45) is -2.64. The van der Waals surface area contributed by atoms with Crippen LogP contribution in [0.25, 0.3) is 16.9 Å². The largest absolute Gasteiger partial charge is 0.416 e. The molecule has 3 heterocycles. The van der Waals surface area contributed by atoms with Gasteiger partial charge in [0.15, 0.2) is 5.82 Å². The maximum Gasteiger partial charge on any atom is 0.416 e. The van der Waals surface area contributed by atoms with Gasteiger partial charge in [-0.05, 0) is 62.7 Å². The van der Waals surface area contributed by atoms with Gasteiger partial charge in [0, 0.05) is 29.6 Å². The van der Waals surface area contributed by atoms with Gasteiger partial charge in [0.05, 0.1) is 16.1 Å². The van der Waals surface area contributed by atoms with Crippen molar-refractivity contribution in [3.05, 3.63) is 89.2 Å². The summed E-state index contributed by atoms with van der Waals surface area (Å²) < 4.78 is 69.7. The van der Waals surface area contributed by atoms with E-state index in [1.807, 2.05) is 6.92 Å². The summed E-state index contributed by atoms with van der Waals surface area (Å²) in [5, 5.41) is 4.63. The predicted molar refractivity (Wildman–Crippen MR) is 126 cm³/mol. The number of pyridine rings is 1. The van der Waals surface area contributed by atoms with Crippen molar-refractivity contribution in [2.75, 3.05) is 10.8 Å². The van der Waals surface area contributed by atoms with Crippen LogP contribution in [0.1, 0.15) is 22.4 Å². The molecule has 0 saturated heterocycles. The number of nitrogens with zero attached hydrogens (tertiary/aromatic N) is 4. The van der Waals surface area contributed by atoms with E-state index in [1.165, 1.54) is 21.3 Å². The number of aromatic nitrogens is 3. The van der Waals surface area contributed by atoms with Gasteiger partial charge in [0.2, 0.25) is 0 Å². The second-order valence-electron chi connectivity index (χ2n) is 8.39. The molecule has 0 saturated carbocycles. The lowest BCUT2D eigenvalue weighted by Gasteiger charge is -2.23. The summed E-state index contributed by atoms with van der Waals surface area (Å²) in [6, 6.07) is 15.0. The summed E-state index contributed by atoms with van der Waals surface area (Å²) in [6.45, 7) is 3.76. The van der Waals surface area contributed by atoms with E-state index in [0.29, 0.717) is 23.4 Å². The van der Waals surface area contributed by atoms with Crippen LogP contribution in [-0.4, -0.2) is 29.7 Å². The first kappa shape index (κ1) is 23.1. The van der Waals surface area contributed by atoms with Crippen LogP contribution >= 0.6 is 0 Å². The number of sulfonamides is 1. The van der Waals surface area contributed by atoms with Gasteiger partial charge in [-0.2, -0.15) is 18.3 Å². The maximum absolute atomic E-state index is 13.5. The van der Waals surface area contributed by atoms with Crippen molar-refractivity contribution in [1.82, 2.24) is 14.8 Å². The summed E-state index contributed by atoms with van der Waals surface area (Å²) >= 11 is 0.